The van der Waals surface area contributed by atoms with E-state index in [2.05, 4.69) is 28.5 Å². The lowest BCUT2D eigenvalue weighted by Crippen LogP contribution is -2.41. The van der Waals surface area contributed by atoms with Gasteiger partial charge in [0.05, 0.1) is 0 Å². The van der Waals surface area contributed by atoms with Gasteiger partial charge in [-0.3, -0.25) is 9.79 Å². The Labute approximate surface area is 173 Å². The van der Waals surface area contributed by atoms with Crippen molar-refractivity contribution in [3.8, 4) is 0 Å². The van der Waals surface area contributed by atoms with Gasteiger partial charge in [-0.25, -0.2) is 0 Å². The Morgan fingerprint density at radius 1 is 1.19 bits per heavy atom. The van der Waals surface area contributed by atoms with Crippen molar-refractivity contribution in [3.05, 3.63) is 35.4 Å². The molecule has 1 aromatic carbocycles. The summed E-state index contributed by atoms with van der Waals surface area (Å²) in [6.45, 7) is 2.18. The minimum absolute atomic E-state index is 0. The second-order valence-corrected chi connectivity index (χ2v) is 7.18. The lowest BCUT2D eigenvalue weighted by atomic mass is 9.96. The van der Waals surface area contributed by atoms with Crippen LogP contribution in [0.5, 0.6) is 0 Å². The lowest BCUT2D eigenvalue weighted by molar-refractivity contribution is -0.132. The van der Waals surface area contributed by atoms with E-state index in [4.69, 9.17) is 5.73 Å². The number of benzene rings is 1. The van der Waals surface area contributed by atoms with E-state index in [1.54, 1.807) is 0 Å². The number of nitrogens with two attached hydrogens (primary N) is 1. The highest BCUT2D eigenvalue weighted by atomic mass is 127. The third-order valence-corrected chi connectivity index (χ3v) is 5.27. The summed E-state index contributed by atoms with van der Waals surface area (Å²) in [6, 6.07) is 8.88. The molecule has 5 nitrogen and oxygen atoms in total. The molecule has 0 saturated heterocycles. The van der Waals surface area contributed by atoms with Gasteiger partial charge in [-0.05, 0) is 36.8 Å². The molecule has 1 heterocycles. The number of rotatable bonds is 5. The summed E-state index contributed by atoms with van der Waals surface area (Å²) in [6.07, 6.45) is 8.51. The van der Waals surface area contributed by atoms with Gasteiger partial charge in [0.25, 0.3) is 0 Å². The van der Waals surface area contributed by atoms with E-state index >= 15 is 0 Å². The predicted molar refractivity (Wildman–Crippen MR) is 117 cm³/mol. The Balaban J connectivity index is 0.00000243. The van der Waals surface area contributed by atoms with Crippen molar-refractivity contribution in [2.45, 2.75) is 64.0 Å². The summed E-state index contributed by atoms with van der Waals surface area (Å²) in [5, 5.41) is 3.31. The van der Waals surface area contributed by atoms with E-state index in [0.29, 0.717) is 25.0 Å². The number of nitrogens with one attached hydrogen (secondary N) is 1. The van der Waals surface area contributed by atoms with E-state index in [1.165, 1.54) is 43.2 Å². The molecule has 1 amide bonds. The van der Waals surface area contributed by atoms with Gasteiger partial charge in [0.15, 0.2) is 5.96 Å². The zero-order valence-corrected chi connectivity index (χ0v) is 17.8. The van der Waals surface area contributed by atoms with Crippen LogP contribution < -0.4 is 11.1 Å². The summed E-state index contributed by atoms with van der Waals surface area (Å²) >= 11 is 0. The van der Waals surface area contributed by atoms with Crippen molar-refractivity contribution in [1.82, 2.24) is 10.2 Å². The summed E-state index contributed by atoms with van der Waals surface area (Å²) in [5.74, 6) is 0.759. The number of halogens is 1. The van der Waals surface area contributed by atoms with Crippen LogP contribution in [-0.2, 0) is 17.8 Å². The van der Waals surface area contributed by atoms with Gasteiger partial charge in [-0.1, -0.05) is 43.5 Å². The van der Waals surface area contributed by atoms with Crippen LogP contribution in [0.15, 0.2) is 29.3 Å². The largest absolute Gasteiger partial charge is 0.370 e. The Morgan fingerprint density at radius 2 is 1.92 bits per heavy atom. The first-order valence-electron chi connectivity index (χ1n) is 9.63. The summed E-state index contributed by atoms with van der Waals surface area (Å²) in [4.78, 5) is 18.8. The summed E-state index contributed by atoms with van der Waals surface area (Å²) < 4.78 is 0. The molecule has 0 radical (unpaired) electrons. The molecule has 1 fully saturated rings. The second-order valence-electron chi connectivity index (χ2n) is 7.18. The first-order chi connectivity index (χ1) is 12.2. The molecule has 1 aliphatic heterocycles. The number of nitrogens with zero attached hydrogens (tertiary/aromatic N) is 2. The highest BCUT2D eigenvalue weighted by Gasteiger charge is 2.19. The van der Waals surface area contributed by atoms with Crippen LogP contribution >= 0.6 is 24.0 Å². The predicted octanol–water partition coefficient (Wildman–Crippen LogP) is 3.21. The van der Waals surface area contributed by atoms with Crippen LogP contribution in [0.4, 0.5) is 0 Å². The number of amides is 1. The van der Waals surface area contributed by atoms with Crippen LogP contribution in [0.25, 0.3) is 0 Å². The van der Waals surface area contributed by atoms with Crippen molar-refractivity contribution in [2.75, 3.05) is 13.1 Å². The van der Waals surface area contributed by atoms with Gasteiger partial charge in [-0.15, -0.1) is 24.0 Å². The third-order valence-electron chi connectivity index (χ3n) is 5.27. The minimum atomic E-state index is 0. The Hall–Kier alpha value is -1.31. The standard InChI is InChI=1S/C20H30N4O.HI/c21-20(23-18-9-2-1-3-10-18)22-13-6-11-19(25)24-14-12-16-7-4-5-8-17(16)15-24;/h4-5,7-8,18H,1-3,6,9-15H2,(H3,21,22,23);1H. The maximum absolute atomic E-state index is 12.4. The second kappa shape index (κ2) is 10.7. The zero-order valence-electron chi connectivity index (χ0n) is 15.5. The molecule has 26 heavy (non-hydrogen) atoms. The van der Waals surface area contributed by atoms with Gasteiger partial charge < -0.3 is 16.0 Å². The van der Waals surface area contributed by atoms with Crippen LogP contribution in [0.2, 0.25) is 0 Å². The smallest absolute Gasteiger partial charge is 0.222 e. The topological polar surface area (TPSA) is 70.7 Å². The quantitative estimate of drug-likeness (QED) is 0.301. The fourth-order valence-corrected chi connectivity index (χ4v) is 3.80. The van der Waals surface area contributed by atoms with Crippen LogP contribution in [-0.4, -0.2) is 35.9 Å². The maximum atomic E-state index is 12.4. The van der Waals surface area contributed by atoms with Crippen molar-refractivity contribution < 1.29 is 4.79 Å². The van der Waals surface area contributed by atoms with E-state index in [0.717, 1.165) is 25.9 Å². The Kier molecular flexibility index (Phi) is 8.68. The Bertz CT molecular complexity index is 614. The van der Waals surface area contributed by atoms with Gasteiger partial charge in [0.1, 0.15) is 0 Å². The first-order valence-corrected chi connectivity index (χ1v) is 9.63. The van der Waals surface area contributed by atoms with Gasteiger partial charge in [-0.2, -0.15) is 0 Å². The molecule has 3 rings (SSSR count). The fraction of sp³-hybridized carbons (Fsp3) is 0.600. The Morgan fingerprint density at radius 3 is 2.69 bits per heavy atom. The minimum Gasteiger partial charge on any atom is -0.370 e. The summed E-state index contributed by atoms with van der Waals surface area (Å²) in [7, 11) is 0. The van der Waals surface area contributed by atoms with Gasteiger partial charge >= 0.3 is 0 Å². The number of carbonyl (C=O) groups excluding carboxylic acids is 1. The van der Waals surface area contributed by atoms with E-state index in [9.17, 15) is 4.79 Å². The molecule has 1 aliphatic carbocycles. The number of guanidine groups is 1. The van der Waals surface area contributed by atoms with Crippen LogP contribution in [0, 0.1) is 0 Å². The molecule has 0 spiro atoms. The molecule has 1 aromatic rings. The fourth-order valence-electron chi connectivity index (χ4n) is 3.80. The number of fused-ring (bicyclic) bond motifs is 1. The molecule has 2 aliphatic rings. The lowest BCUT2D eigenvalue weighted by Gasteiger charge is -2.29. The number of carbonyl (C=O) groups is 1. The monoisotopic (exact) mass is 470 g/mol. The molecule has 6 heteroatoms. The van der Waals surface area contributed by atoms with Crippen molar-refractivity contribution in [1.29, 1.82) is 0 Å². The number of aliphatic imine (C=N–C) groups is 1. The average Bonchev–Trinajstić information content (AvgIpc) is 2.65. The highest BCUT2D eigenvalue weighted by molar-refractivity contribution is 14.0. The van der Waals surface area contributed by atoms with Crippen LogP contribution in [0.3, 0.4) is 0 Å². The molecule has 0 aromatic heterocycles. The first kappa shape index (κ1) is 21.0. The highest BCUT2D eigenvalue weighted by Crippen LogP contribution is 2.19. The number of hydrogen-bond acceptors (Lipinski definition) is 2. The SMILES string of the molecule is I.NC(=NCCCC(=O)N1CCc2ccccc2C1)NC1CCCCC1. The molecule has 3 N–H and O–H groups in total. The van der Waals surface area contributed by atoms with Crippen molar-refractivity contribution in [3.63, 3.8) is 0 Å². The molecule has 144 valence electrons. The van der Waals surface area contributed by atoms with E-state index < -0.39 is 0 Å². The van der Waals surface area contributed by atoms with Crippen molar-refractivity contribution >= 4 is 35.8 Å². The molecule has 0 atom stereocenters. The third kappa shape index (κ3) is 6.14. The van der Waals surface area contributed by atoms with Gasteiger partial charge in [0, 0.05) is 32.1 Å². The molecule has 0 unspecified atom stereocenters. The molecular formula is C20H31IN4O. The van der Waals surface area contributed by atoms with Crippen molar-refractivity contribution in [2.24, 2.45) is 10.7 Å². The van der Waals surface area contributed by atoms with E-state index in [1.807, 2.05) is 11.0 Å². The summed E-state index contributed by atoms with van der Waals surface area (Å²) in [5.41, 5.74) is 8.61. The normalized spacial score (nSPS) is 18.0. The molecular weight excluding hydrogens is 439 g/mol. The maximum Gasteiger partial charge on any atom is 0.222 e. The zero-order chi connectivity index (χ0) is 17.5. The van der Waals surface area contributed by atoms with Gasteiger partial charge in [0.2, 0.25) is 5.91 Å². The van der Waals surface area contributed by atoms with Crippen LogP contribution in [0.1, 0.15) is 56.1 Å². The molecule has 0 bridgehead atoms. The number of hydrogen-bond donors (Lipinski definition) is 2. The van der Waals surface area contributed by atoms with E-state index in [-0.39, 0.29) is 29.9 Å². The average molecular weight is 470 g/mol. The molecule has 1 saturated carbocycles.